The Balaban J connectivity index is 0. The highest BCUT2D eigenvalue weighted by atomic mass is 35.5. The van der Waals surface area contributed by atoms with Gasteiger partial charge in [0, 0.05) is 42.8 Å². The van der Waals surface area contributed by atoms with Crippen LogP contribution in [0.5, 0.6) is 0 Å². The fourth-order valence-corrected chi connectivity index (χ4v) is 4.82. The molecule has 1 N–H and O–H groups in total. The topological polar surface area (TPSA) is 74.1 Å². The molecule has 0 aliphatic carbocycles. The van der Waals surface area contributed by atoms with Gasteiger partial charge in [0.15, 0.2) is 0 Å². The number of rotatable bonds is 17. The zero-order valence-corrected chi connectivity index (χ0v) is 34.0. The van der Waals surface area contributed by atoms with E-state index in [1.807, 2.05) is 32.1 Å². The van der Waals surface area contributed by atoms with Gasteiger partial charge in [0.2, 0.25) is 5.91 Å². The Bertz CT molecular complexity index is 1290. The lowest BCUT2D eigenvalue weighted by atomic mass is 9.95. The SMILES string of the molecule is CC#CC(=N)/C=C\C(C)=C\CC.CCC(C)=O.CCCCC(CC)C(=O)N(CCCC)CCCC(C)c1ccc(Cl)cc1.Clc1cccnc1. The van der Waals surface area contributed by atoms with Gasteiger partial charge in [-0.25, -0.2) is 0 Å². The molecule has 2 aromatic rings. The van der Waals surface area contributed by atoms with Crippen molar-refractivity contribution in [2.45, 2.75) is 132 Å². The van der Waals surface area contributed by atoms with Crippen molar-refractivity contribution in [1.82, 2.24) is 9.88 Å². The van der Waals surface area contributed by atoms with E-state index in [0.717, 1.165) is 75.9 Å². The normalized spacial score (nSPS) is 11.6. The van der Waals surface area contributed by atoms with Crippen molar-refractivity contribution >= 4 is 40.6 Å². The Labute approximate surface area is 315 Å². The van der Waals surface area contributed by atoms with Crippen molar-refractivity contribution in [3.05, 3.63) is 88.2 Å². The van der Waals surface area contributed by atoms with Gasteiger partial charge in [-0.3, -0.25) is 15.2 Å². The number of Topliss-reactive ketones (excluding diaryl/α,β-unsaturated/α-hetero) is 1. The monoisotopic (exact) mass is 725 g/mol. The van der Waals surface area contributed by atoms with Crippen LogP contribution in [0.3, 0.4) is 0 Å². The molecule has 0 radical (unpaired) electrons. The van der Waals surface area contributed by atoms with Crippen LogP contribution in [0.2, 0.25) is 10.0 Å². The molecule has 0 bridgehead atoms. The van der Waals surface area contributed by atoms with Gasteiger partial charge in [0.25, 0.3) is 0 Å². The van der Waals surface area contributed by atoms with Crippen molar-refractivity contribution in [2.75, 3.05) is 13.1 Å². The van der Waals surface area contributed by atoms with Crippen molar-refractivity contribution in [2.24, 2.45) is 5.92 Å². The number of nitrogens with zero attached hydrogens (tertiary/aromatic N) is 2. The van der Waals surface area contributed by atoms with Gasteiger partial charge < -0.3 is 9.69 Å². The molecule has 2 rings (SSSR count). The first-order valence-corrected chi connectivity index (χ1v) is 19.1. The third-order valence-electron chi connectivity index (χ3n) is 7.77. The molecule has 0 aliphatic rings. The molecule has 2 atom stereocenters. The lowest BCUT2D eigenvalue weighted by Crippen LogP contribution is -2.37. The average Bonchev–Trinajstić information content (AvgIpc) is 3.10. The van der Waals surface area contributed by atoms with Gasteiger partial charge in [-0.05, 0) is 107 Å². The number of hydrogen-bond donors (Lipinski definition) is 1. The van der Waals surface area contributed by atoms with Gasteiger partial charge in [-0.15, -0.1) is 0 Å². The number of aromatic nitrogens is 1. The molecule has 0 saturated heterocycles. The number of benzene rings is 1. The molecule has 278 valence electrons. The molecule has 5 nitrogen and oxygen atoms in total. The van der Waals surface area contributed by atoms with E-state index in [9.17, 15) is 9.59 Å². The standard InChI is InChI=1S/C23H38ClNO.C11H15N.C5H4ClN.C4H8O/c1-5-8-12-20(7-3)23(26)25(17-9-6-2)18-10-11-19(4)21-13-15-22(24)16-14-21;1-4-6-10(3)8-9-11(12)7-5-2;6-5-2-1-3-7-4-5;1-3-4(2)5/h13-16,19-20H,5-12,17-18H2,1-4H3;6,8-9,12H,4H2,1-3H3;1-4H;3H2,1-2H3/b;9-8-,10-6+,12-11?;;. The second-order valence-corrected chi connectivity index (χ2v) is 13.1. The van der Waals surface area contributed by atoms with Crippen molar-refractivity contribution in [3.63, 3.8) is 0 Å². The predicted octanol–water partition coefficient (Wildman–Crippen LogP) is 12.7. The first-order valence-electron chi connectivity index (χ1n) is 18.4. The quantitative estimate of drug-likeness (QED) is 0.100. The van der Waals surface area contributed by atoms with Crippen LogP contribution in [0, 0.1) is 23.2 Å². The molecular weight excluding hydrogens is 661 g/mol. The number of halogens is 2. The summed E-state index contributed by atoms with van der Waals surface area (Å²) in [5.41, 5.74) is 2.87. The Morgan fingerprint density at radius 2 is 1.52 bits per heavy atom. The Kier molecular flexibility index (Phi) is 32.3. The largest absolute Gasteiger partial charge is 0.342 e. The first kappa shape index (κ1) is 48.9. The maximum atomic E-state index is 13.0. The molecule has 7 heteroatoms. The number of hydrogen-bond acceptors (Lipinski definition) is 4. The predicted molar refractivity (Wildman–Crippen MR) is 218 cm³/mol. The lowest BCUT2D eigenvalue weighted by Gasteiger charge is -2.27. The van der Waals surface area contributed by atoms with Crippen LogP contribution in [-0.2, 0) is 9.59 Å². The number of allylic oxidation sites excluding steroid dienone is 4. The number of carbonyl (C=O) groups excluding carboxylic acids is 2. The number of carbonyl (C=O) groups is 2. The van der Waals surface area contributed by atoms with Crippen LogP contribution in [0.4, 0.5) is 0 Å². The fraction of sp³-hybridized carbons (Fsp3) is 0.535. The number of unbranched alkanes of at least 4 members (excludes halogenated alkanes) is 2. The molecule has 50 heavy (non-hydrogen) atoms. The molecule has 0 saturated carbocycles. The molecular formula is C43H65Cl2N3O2. The molecule has 1 heterocycles. The number of pyridine rings is 1. The number of nitrogens with one attached hydrogen (secondary N) is 1. The first-order chi connectivity index (χ1) is 23.9. The third kappa shape index (κ3) is 27.6. The summed E-state index contributed by atoms with van der Waals surface area (Å²) in [5, 5.41) is 8.80. The molecule has 1 aromatic heterocycles. The summed E-state index contributed by atoms with van der Waals surface area (Å²) in [6.45, 7) is 19.9. The summed E-state index contributed by atoms with van der Waals surface area (Å²) in [7, 11) is 0. The molecule has 1 aromatic carbocycles. The summed E-state index contributed by atoms with van der Waals surface area (Å²) in [5.74, 6) is 6.68. The molecule has 0 aliphatic heterocycles. The maximum absolute atomic E-state index is 13.0. The van der Waals surface area contributed by atoms with Crippen LogP contribution in [0.25, 0.3) is 0 Å². The van der Waals surface area contributed by atoms with Crippen LogP contribution >= 0.6 is 23.2 Å². The van der Waals surface area contributed by atoms with Gasteiger partial charge in [-0.2, -0.15) is 0 Å². The second kappa shape index (κ2) is 33.0. The van der Waals surface area contributed by atoms with Gasteiger partial charge in [0.1, 0.15) is 11.5 Å². The van der Waals surface area contributed by atoms with Crippen LogP contribution in [-0.4, -0.2) is 40.4 Å². The minimum absolute atomic E-state index is 0.209. The van der Waals surface area contributed by atoms with E-state index in [-0.39, 0.29) is 11.7 Å². The fourth-order valence-electron chi connectivity index (χ4n) is 4.56. The molecule has 2 unspecified atom stereocenters. The second-order valence-electron chi connectivity index (χ2n) is 12.2. The summed E-state index contributed by atoms with van der Waals surface area (Å²) in [6, 6.07) is 11.7. The molecule has 0 fully saturated rings. The van der Waals surface area contributed by atoms with Gasteiger partial charge in [0.05, 0.1) is 5.02 Å². The minimum atomic E-state index is 0.209. The Morgan fingerprint density at radius 1 is 0.900 bits per heavy atom. The van der Waals surface area contributed by atoms with E-state index < -0.39 is 0 Å². The average molecular weight is 727 g/mol. The number of ketones is 1. The smallest absolute Gasteiger partial charge is 0.225 e. The lowest BCUT2D eigenvalue weighted by molar-refractivity contribution is -0.136. The zero-order valence-electron chi connectivity index (χ0n) is 32.5. The van der Waals surface area contributed by atoms with E-state index in [4.69, 9.17) is 28.6 Å². The highest BCUT2D eigenvalue weighted by Crippen LogP contribution is 2.23. The minimum Gasteiger partial charge on any atom is -0.342 e. The van der Waals surface area contributed by atoms with E-state index in [2.05, 4.69) is 74.6 Å². The van der Waals surface area contributed by atoms with E-state index >= 15 is 0 Å². The number of amides is 1. The van der Waals surface area contributed by atoms with Crippen LogP contribution < -0.4 is 0 Å². The Hall–Kier alpha value is -3.20. The summed E-state index contributed by atoms with van der Waals surface area (Å²) in [4.78, 5) is 28.7. The highest BCUT2D eigenvalue weighted by molar-refractivity contribution is 6.30. The summed E-state index contributed by atoms with van der Waals surface area (Å²) >= 11 is 11.5. The summed E-state index contributed by atoms with van der Waals surface area (Å²) in [6.07, 6.45) is 19.4. The Morgan fingerprint density at radius 3 is 1.98 bits per heavy atom. The van der Waals surface area contributed by atoms with Crippen molar-refractivity contribution in [3.8, 4) is 11.8 Å². The maximum Gasteiger partial charge on any atom is 0.225 e. The highest BCUT2D eigenvalue weighted by Gasteiger charge is 2.22. The van der Waals surface area contributed by atoms with Crippen LogP contribution in [0.1, 0.15) is 138 Å². The van der Waals surface area contributed by atoms with E-state index in [1.165, 1.54) is 11.1 Å². The van der Waals surface area contributed by atoms with Crippen molar-refractivity contribution < 1.29 is 9.59 Å². The van der Waals surface area contributed by atoms with Gasteiger partial charge in [-0.1, -0.05) is 120 Å². The van der Waals surface area contributed by atoms with Crippen LogP contribution in [0.15, 0.2) is 72.6 Å². The van der Waals surface area contributed by atoms with Crippen molar-refractivity contribution in [1.29, 1.82) is 5.41 Å². The van der Waals surface area contributed by atoms with E-state index in [1.54, 1.807) is 44.4 Å². The zero-order chi connectivity index (χ0) is 38.2. The third-order valence-corrected chi connectivity index (χ3v) is 8.24. The van der Waals surface area contributed by atoms with Gasteiger partial charge >= 0.3 is 0 Å². The van der Waals surface area contributed by atoms with E-state index in [0.29, 0.717) is 29.0 Å². The molecule has 1 amide bonds. The summed E-state index contributed by atoms with van der Waals surface area (Å²) < 4.78 is 0. The molecule has 0 spiro atoms.